The molecular formula is C8H17ClN2S. The van der Waals surface area contributed by atoms with Crippen molar-refractivity contribution in [2.45, 2.75) is 25.8 Å². The summed E-state index contributed by atoms with van der Waals surface area (Å²) in [5.74, 6) is 0.699. The van der Waals surface area contributed by atoms with Crippen molar-refractivity contribution in [3.8, 4) is 0 Å². The molecule has 0 saturated carbocycles. The zero-order valence-electron chi connectivity index (χ0n) is 7.86. The third kappa shape index (κ3) is 5.75. The van der Waals surface area contributed by atoms with E-state index < -0.39 is 0 Å². The molecule has 2 nitrogen and oxygen atoms in total. The molecule has 0 aromatic carbocycles. The fourth-order valence-corrected chi connectivity index (χ4v) is 1.02. The molecule has 0 saturated heterocycles. The Morgan fingerprint density at radius 1 is 1.50 bits per heavy atom. The topological polar surface area (TPSA) is 24.1 Å². The zero-order chi connectivity index (χ0) is 9.56. The Morgan fingerprint density at radius 3 is 2.50 bits per heavy atom. The maximum Gasteiger partial charge on any atom is 0.133 e. The molecule has 2 N–H and O–H groups in total. The van der Waals surface area contributed by atoms with E-state index in [1.54, 1.807) is 7.05 Å². The highest BCUT2D eigenvalue weighted by Gasteiger charge is 2.07. The monoisotopic (exact) mass is 208 g/mol. The van der Waals surface area contributed by atoms with Gasteiger partial charge in [-0.15, -0.1) is 0 Å². The lowest BCUT2D eigenvalue weighted by Crippen LogP contribution is -2.38. The van der Waals surface area contributed by atoms with Crippen LogP contribution in [0.3, 0.4) is 0 Å². The molecule has 0 aliphatic rings. The summed E-state index contributed by atoms with van der Waals surface area (Å²) in [5, 5.41) is 5.97. The van der Waals surface area contributed by atoms with Crippen LogP contribution in [0.5, 0.6) is 0 Å². The van der Waals surface area contributed by atoms with Gasteiger partial charge in [0, 0.05) is 7.05 Å². The highest BCUT2D eigenvalue weighted by atomic mass is 35.5. The predicted molar refractivity (Wildman–Crippen MR) is 58.8 cm³/mol. The highest BCUT2D eigenvalue weighted by Crippen LogP contribution is 1.99. The van der Waals surface area contributed by atoms with Crippen molar-refractivity contribution in [2.24, 2.45) is 5.92 Å². The summed E-state index contributed by atoms with van der Waals surface area (Å²) in [6, 6.07) is 0. The number of nitrogens with one attached hydrogen (secondary N) is 2. The summed E-state index contributed by atoms with van der Waals surface area (Å²) in [6.07, 6.45) is 1.12. The average Bonchev–Trinajstić information content (AvgIpc) is 2.02. The molecular weight excluding hydrogens is 192 g/mol. The van der Waals surface area contributed by atoms with Gasteiger partial charge in [0.2, 0.25) is 0 Å². The Morgan fingerprint density at radius 2 is 2.08 bits per heavy atom. The molecule has 0 fully saturated rings. The largest absolute Gasteiger partial charge is 0.380 e. The molecule has 0 aliphatic carbocycles. The van der Waals surface area contributed by atoms with Crippen LogP contribution in [0.15, 0.2) is 0 Å². The van der Waals surface area contributed by atoms with Gasteiger partial charge in [-0.25, -0.2) is 0 Å². The van der Waals surface area contributed by atoms with E-state index in [9.17, 15) is 0 Å². The summed E-state index contributed by atoms with van der Waals surface area (Å²) < 4.78 is 0. The molecule has 0 bridgehead atoms. The first-order valence-electron chi connectivity index (χ1n) is 4.17. The summed E-state index contributed by atoms with van der Waals surface area (Å²) in [7, 11) is 1.78. The van der Waals surface area contributed by atoms with Gasteiger partial charge in [-0.1, -0.05) is 37.7 Å². The maximum absolute atomic E-state index is 5.90. The van der Waals surface area contributed by atoms with E-state index in [0.717, 1.165) is 13.0 Å². The van der Waals surface area contributed by atoms with E-state index in [0.29, 0.717) is 10.9 Å². The van der Waals surface area contributed by atoms with Crippen molar-refractivity contribution in [1.82, 2.24) is 10.6 Å². The standard InChI is InChI=1S/C8H17ClN2S/c1-6(2)4-5-11-7(9)8(12)10-3/h6-7,11H,4-5H2,1-3H3,(H,10,12). The number of rotatable bonds is 5. The smallest absolute Gasteiger partial charge is 0.133 e. The minimum absolute atomic E-state index is 0.233. The fraction of sp³-hybridized carbons (Fsp3) is 0.875. The lowest BCUT2D eigenvalue weighted by Gasteiger charge is -2.13. The van der Waals surface area contributed by atoms with Crippen LogP contribution in [-0.4, -0.2) is 24.1 Å². The predicted octanol–water partition coefficient (Wildman–Crippen LogP) is 1.73. The van der Waals surface area contributed by atoms with Crippen LogP contribution >= 0.6 is 23.8 Å². The summed E-state index contributed by atoms with van der Waals surface area (Å²) >= 11 is 10.9. The Hall–Kier alpha value is 0.140. The molecule has 4 heteroatoms. The van der Waals surface area contributed by atoms with Gasteiger partial charge in [0.15, 0.2) is 0 Å². The van der Waals surface area contributed by atoms with Crippen molar-refractivity contribution in [3.05, 3.63) is 0 Å². The molecule has 12 heavy (non-hydrogen) atoms. The Bertz CT molecular complexity index is 139. The maximum atomic E-state index is 5.90. The van der Waals surface area contributed by atoms with Crippen molar-refractivity contribution in [1.29, 1.82) is 0 Å². The molecule has 0 aromatic heterocycles. The molecule has 1 atom stereocenters. The van der Waals surface area contributed by atoms with Crippen LogP contribution in [0.1, 0.15) is 20.3 Å². The molecule has 0 heterocycles. The normalized spacial score (nSPS) is 13.1. The lowest BCUT2D eigenvalue weighted by molar-refractivity contribution is 0.547. The molecule has 0 aliphatic heterocycles. The Kier molecular flexibility index (Phi) is 6.71. The summed E-state index contributed by atoms with van der Waals surface area (Å²) in [6.45, 7) is 5.27. The SMILES string of the molecule is CNC(=S)C(Cl)NCCC(C)C. The van der Waals surface area contributed by atoms with Gasteiger partial charge in [0.05, 0.1) is 0 Å². The van der Waals surface area contributed by atoms with Crippen LogP contribution in [0.4, 0.5) is 0 Å². The van der Waals surface area contributed by atoms with Gasteiger partial charge in [-0.05, 0) is 18.9 Å². The number of hydrogen-bond acceptors (Lipinski definition) is 2. The second kappa shape index (κ2) is 6.63. The fourth-order valence-electron chi connectivity index (χ4n) is 0.718. The molecule has 0 aromatic rings. The van der Waals surface area contributed by atoms with Gasteiger partial charge in [0.25, 0.3) is 0 Å². The van der Waals surface area contributed by atoms with E-state index >= 15 is 0 Å². The van der Waals surface area contributed by atoms with Crippen LogP contribution in [-0.2, 0) is 0 Å². The molecule has 72 valence electrons. The van der Waals surface area contributed by atoms with Gasteiger partial charge in [0.1, 0.15) is 10.5 Å². The van der Waals surface area contributed by atoms with E-state index in [4.69, 9.17) is 23.8 Å². The second-order valence-corrected chi connectivity index (χ2v) is 3.99. The van der Waals surface area contributed by atoms with E-state index in [-0.39, 0.29) is 5.50 Å². The van der Waals surface area contributed by atoms with Crippen LogP contribution in [0, 0.1) is 5.92 Å². The number of thiocarbonyl (C=S) groups is 1. The zero-order valence-corrected chi connectivity index (χ0v) is 9.43. The van der Waals surface area contributed by atoms with E-state index in [2.05, 4.69) is 24.5 Å². The van der Waals surface area contributed by atoms with Gasteiger partial charge >= 0.3 is 0 Å². The summed E-state index contributed by atoms with van der Waals surface area (Å²) in [4.78, 5) is 0.653. The lowest BCUT2D eigenvalue weighted by atomic mass is 10.1. The Balaban J connectivity index is 3.43. The minimum atomic E-state index is -0.233. The average molecular weight is 209 g/mol. The van der Waals surface area contributed by atoms with Gasteiger partial charge in [-0.2, -0.15) is 0 Å². The quantitative estimate of drug-likeness (QED) is 0.409. The van der Waals surface area contributed by atoms with Crippen molar-refractivity contribution >= 4 is 28.8 Å². The third-order valence-electron chi connectivity index (χ3n) is 1.52. The van der Waals surface area contributed by atoms with Crippen LogP contribution in [0.25, 0.3) is 0 Å². The first-order valence-corrected chi connectivity index (χ1v) is 5.01. The first-order chi connectivity index (χ1) is 5.57. The highest BCUT2D eigenvalue weighted by molar-refractivity contribution is 7.80. The first kappa shape index (κ1) is 12.1. The number of likely N-dealkylation sites (N-methyl/N-ethyl adjacent to an activating group) is 1. The second-order valence-electron chi connectivity index (χ2n) is 3.11. The number of hydrogen-bond donors (Lipinski definition) is 2. The third-order valence-corrected chi connectivity index (χ3v) is 2.46. The van der Waals surface area contributed by atoms with Crippen LogP contribution in [0.2, 0.25) is 0 Å². The van der Waals surface area contributed by atoms with Crippen molar-refractivity contribution in [2.75, 3.05) is 13.6 Å². The van der Waals surface area contributed by atoms with E-state index in [1.807, 2.05) is 0 Å². The summed E-state index contributed by atoms with van der Waals surface area (Å²) in [5.41, 5.74) is -0.233. The van der Waals surface area contributed by atoms with Crippen molar-refractivity contribution in [3.63, 3.8) is 0 Å². The van der Waals surface area contributed by atoms with E-state index in [1.165, 1.54) is 0 Å². The Labute approximate surface area is 85.1 Å². The van der Waals surface area contributed by atoms with Gasteiger partial charge in [-0.3, -0.25) is 5.32 Å². The van der Waals surface area contributed by atoms with Crippen molar-refractivity contribution < 1.29 is 0 Å². The van der Waals surface area contributed by atoms with Gasteiger partial charge < -0.3 is 5.32 Å². The molecule has 1 unspecified atom stereocenters. The molecule has 0 spiro atoms. The number of halogens is 1. The minimum Gasteiger partial charge on any atom is -0.380 e. The molecule has 0 amide bonds. The molecule has 0 rings (SSSR count). The number of alkyl halides is 1. The van der Waals surface area contributed by atoms with Crippen LogP contribution < -0.4 is 10.6 Å². The molecule has 0 radical (unpaired) electrons.